The molecular formula is C19H27FN2O. The summed E-state index contributed by atoms with van der Waals surface area (Å²) in [4.78, 5) is 17.3. The van der Waals surface area contributed by atoms with Gasteiger partial charge in [0.05, 0.1) is 0 Å². The maximum absolute atomic E-state index is 13.1. The lowest BCUT2D eigenvalue weighted by Gasteiger charge is -2.37. The van der Waals surface area contributed by atoms with Crippen LogP contribution in [-0.2, 0) is 0 Å². The normalized spacial score (nSPS) is 23.0. The van der Waals surface area contributed by atoms with E-state index in [4.69, 9.17) is 0 Å². The van der Waals surface area contributed by atoms with E-state index in [1.165, 1.54) is 50.9 Å². The first-order chi connectivity index (χ1) is 11.2. The molecule has 0 aromatic heterocycles. The van der Waals surface area contributed by atoms with Crippen molar-refractivity contribution in [1.82, 2.24) is 9.80 Å². The Morgan fingerprint density at radius 2 is 1.70 bits per heavy atom. The zero-order valence-electron chi connectivity index (χ0n) is 13.8. The molecule has 1 aromatic rings. The fourth-order valence-electron chi connectivity index (χ4n) is 3.84. The van der Waals surface area contributed by atoms with Crippen LogP contribution < -0.4 is 0 Å². The lowest BCUT2D eigenvalue weighted by Crippen LogP contribution is -2.45. The lowest BCUT2D eigenvalue weighted by molar-refractivity contribution is 0.0579. The topological polar surface area (TPSA) is 23.6 Å². The fraction of sp³-hybridized carbons (Fsp3) is 0.632. The van der Waals surface area contributed by atoms with Crippen LogP contribution in [0.15, 0.2) is 24.3 Å². The molecular weight excluding hydrogens is 291 g/mol. The smallest absolute Gasteiger partial charge is 0.254 e. The molecule has 1 atom stereocenters. The van der Waals surface area contributed by atoms with E-state index in [0.717, 1.165) is 32.4 Å². The van der Waals surface area contributed by atoms with E-state index in [2.05, 4.69) is 4.90 Å². The second kappa shape index (κ2) is 7.91. The minimum Gasteiger partial charge on any atom is -0.336 e. The molecule has 3 rings (SSSR count). The largest absolute Gasteiger partial charge is 0.336 e. The number of carbonyl (C=O) groups is 1. The number of likely N-dealkylation sites (tertiary alicyclic amines) is 2. The summed E-state index contributed by atoms with van der Waals surface area (Å²) in [6.45, 7) is 4.34. The number of halogens is 1. The molecule has 4 heteroatoms. The van der Waals surface area contributed by atoms with Gasteiger partial charge in [-0.05, 0) is 75.9 Å². The second-order valence-corrected chi connectivity index (χ2v) is 6.85. The molecule has 3 nitrogen and oxygen atoms in total. The third-order valence-electron chi connectivity index (χ3n) is 5.21. The predicted octanol–water partition coefficient (Wildman–Crippen LogP) is 3.70. The van der Waals surface area contributed by atoms with Crippen molar-refractivity contribution in [2.45, 2.75) is 51.0 Å². The van der Waals surface area contributed by atoms with Crippen molar-refractivity contribution in [3.63, 3.8) is 0 Å². The molecule has 2 fully saturated rings. The highest BCUT2D eigenvalue weighted by Crippen LogP contribution is 2.23. The number of carbonyl (C=O) groups excluding carboxylic acids is 1. The Kier molecular flexibility index (Phi) is 5.65. The van der Waals surface area contributed by atoms with Gasteiger partial charge in [0, 0.05) is 24.7 Å². The van der Waals surface area contributed by atoms with Crippen molar-refractivity contribution >= 4 is 5.91 Å². The van der Waals surface area contributed by atoms with Crippen LogP contribution in [0.1, 0.15) is 55.3 Å². The molecule has 2 saturated heterocycles. The highest BCUT2D eigenvalue weighted by molar-refractivity contribution is 5.94. The average molecular weight is 318 g/mol. The monoisotopic (exact) mass is 318 g/mol. The van der Waals surface area contributed by atoms with Gasteiger partial charge in [-0.15, -0.1) is 0 Å². The van der Waals surface area contributed by atoms with Crippen molar-refractivity contribution in [3.8, 4) is 0 Å². The van der Waals surface area contributed by atoms with Gasteiger partial charge in [-0.25, -0.2) is 4.39 Å². The maximum Gasteiger partial charge on any atom is 0.254 e. The van der Waals surface area contributed by atoms with Crippen molar-refractivity contribution in [3.05, 3.63) is 35.6 Å². The Labute approximate surface area is 138 Å². The predicted molar refractivity (Wildman–Crippen MR) is 90.0 cm³/mol. The zero-order valence-corrected chi connectivity index (χ0v) is 13.8. The first-order valence-electron chi connectivity index (χ1n) is 9.03. The molecule has 0 N–H and O–H groups in total. The van der Waals surface area contributed by atoms with Crippen LogP contribution in [0.3, 0.4) is 0 Å². The average Bonchev–Trinajstić information content (AvgIpc) is 2.61. The van der Waals surface area contributed by atoms with Crippen LogP contribution in [0.4, 0.5) is 4.39 Å². The minimum atomic E-state index is -0.290. The number of hydrogen-bond acceptors (Lipinski definition) is 2. The van der Waals surface area contributed by atoms with Crippen LogP contribution in [0.25, 0.3) is 0 Å². The van der Waals surface area contributed by atoms with Crippen LogP contribution >= 0.6 is 0 Å². The van der Waals surface area contributed by atoms with Gasteiger partial charge >= 0.3 is 0 Å². The fourth-order valence-corrected chi connectivity index (χ4v) is 3.84. The molecule has 0 saturated carbocycles. The summed E-state index contributed by atoms with van der Waals surface area (Å²) in [7, 11) is 0. The molecule has 0 aliphatic carbocycles. The Bertz CT molecular complexity index is 511. The Morgan fingerprint density at radius 3 is 2.43 bits per heavy atom. The summed E-state index contributed by atoms with van der Waals surface area (Å²) >= 11 is 0. The molecule has 2 aliphatic rings. The number of rotatable bonds is 4. The van der Waals surface area contributed by atoms with Gasteiger partial charge in [0.25, 0.3) is 5.91 Å². The summed E-state index contributed by atoms with van der Waals surface area (Å²) in [5, 5.41) is 0. The molecule has 0 spiro atoms. The SMILES string of the molecule is O=C(c1ccc(F)cc1)N1CCCCC1CCN1CCCCC1. The second-order valence-electron chi connectivity index (χ2n) is 6.85. The number of nitrogens with zero attached hydrogens (tertiary/aromatic N) is 2. The Hall–Kier alpha value is -1.42. The standard InChI is InChI=1S/C19H27FN2O/c20-17-9-7-16(8-10-17)19(23)22-14-5-2-6-18(22)11-15-21-12-3-1-4-13-21/h7-10,18H,1-6,11-15H2. The van der Waals surface area contributed by atoms with Gasteiger partial charge in [0.15, 0.2) is 0 Å². The van der Waals surface area contributed by atoms with Gasteiger partial charge < -0.3 is 9.80 Å². The van der Waals surface area contributed by atoms with Gasteiger partial charge in [0.1, 0.15) is 5.82 Å². The van der Waals surface area contributed by atoms with Crippen molar-refractivity contribution in [2.24, 2.45) is 0 Å². The highest BCUT2D eigenvalue weighted by atomic mass is 19.1. The Morgan fingerprint density at radius 1 is 1.00 bits per heavy atom. The van der Waals surface area contributed by atoms with E-state index in [-0.39, 0.29) is 11.7 Å². The number of piperidine rings is 2. The van der Waals surface area contributed by atoms with Crippen molar-refractivity contribution in [1.29, 1.82) is 0 Å². The summed E-state index contributed by atoms with van der Waals surface area (Å²) in [5.74, 6) is -0.227. The van der Waals surface area contributed by atoms with Crippen LogP contribution in [0.2, 0.25) is 0 Å². The molecule has 2 heterocycles. The molecule has 0 radical (unpaired) electrons. The number of benzene rings is 1. The van der Waals surface area contributed by atoms with Gasteiger partial charge in [-0.1, -0.05) is 6.42 Å². The summed E-state index contributed by atoms with van der Waals surface area (Å²) < 4.78 is 13.1. The number of hydrogen-bond donors (Lipinski definition) is 0. The quantitative estimate of drug-likeness (QED) is 0.845. The summed E-state index contributed by atoms with van der Waals surface area (Å²) in [6, 6.07) is 6.30. The van der Waals surface area contributed by atoms with Crippen molar-refractivity contribution in [2.75, 3.05) is 26.2 Å². The minimum absolute atomic E-state index is 0.0633. The van der Waals surface area contributed by atoms with Crippen LogP contribution in [0, 0.1) is 5.82 Å². The third kappa shape index (κ3) is 4.31. The van der Waals surface area contributed by atoms with E-state index >= 15 is 0 Å². The first-order valence-corrected chi connectivity index (χ1v) is 9.03. The molecule has 0 bridgehead atoms. The molecule has 1 aromatic carbocycles. The molecule has 2 aliphatic heterocycles. The van der Waals surface area contributed by atoms with Crippen LogP contribution in [0.5, 0.6) is 0 Å². The van der Waals surface area contributed by atoms with Gasteiger partial charge in [0.2, 0.25) is 0 Å². The molecule has 1 amide bonds. The number of amides is 1. The first kappa shape index (κ1) is 16.4. The van der Waals surface area contributed by atoms with E-state index in [9.17, 15) is 9.18 Å². The summed E-state index contributed by atoms with van der Waals surface area (Å²) in [5.41, 5.74) is 0.608. The lowest BCUT2D eigenvalue weighted by atomic mass is 9.97. The molecule has 126 valence electrons. The van der Waals surface area contributed by atoms with Gasteiger partial charge in [-0.2, -0.15) is 0 Å². The highest BCUT2D eigenvalue weighted by Gasteiger charge is 2.27. The van der Waals surface area contributed by atoms with E-state index in [0.29, 0.717) is 11.6 Å². The van der Waals surface area contributed by atoms with E-state index in [1.807, 2.05) is 4.90 Å². The van der Waals surface area contributed by atoms with Crippen molar-refractivity contribution < 1.29 is 9.18 Å². The third-order valence-corrected chi connectivity index (χ3v) is 5.21. The Balaban J connectivity index is 1.61. The van der Waals surface area contributed by atoms with E-state index in [1.54, 1.807) is 12.1 Å². The van der Waals surface area contributed by atoms with Gasteiger partial charge in [-0.3, -0.25) is 4.79 Å². The zero-order chi connectivity index (χ0) is 16.1. The van der Waals surface area contributed by atoms with Crippen LogP contribution in [-0.4, -0.2) is 47.9 Å². The maximum atomic E-state index is 13.1. The van der Waals surface area contributed by atoms with E-state index < -0.39 is 0 Å². The summed E-state index contributed by atoms with van der Waals surface area (Å²) in [6.07, 6.45) is 8.42. The molecule has 23 heavy (non-hydrogen) atoms. The molecule has 1 unspecified atom stereocenters.